The molecule has 0 aromatic heterocycles. The van der Waals surface area contributed by atoms with E-state index in [4.69, 9.17) is 0 Å². The highest BCUT2D eigenvalue weighted by Crippen LogP contribution is 2.22. The Morgan fingerprint density at radius 1 is 1.43 bits per heavy atom. The van der Waals surface area contributed by atoms with Gasteiger partial charge in [0.25, 0.3) is 0 Å². The fourth-order valence-electron chi connectivity index (χ4n) is 1.86. The second-order valence-electron chi connectivity index (χ2n) is 3.75. The molecule has 1 aromatic carbocycles. The lowest BCUT2D eigenvalue weighted by molar-refractivity contribution is 0.484. The molecular weight excluding hydrogens is 287 g/mol. The van der Waals surface area contributed by atoms with Gasteiger partial charge >= 0.3 is 0 Å². The van der Waals surface area contributed by atoms with E-state index in [1.165, 1.54) is 9.26 Å². The van der Waals surface area contributed by atoms with Crippen molar-refractivity contribution in [1.29, 1.82) is 0 Å². The highest BCUT2D eigenvalue weighted by Gasteiger charge is 2.16. The first kappa shape index (κ1) is 10.2. The molecule has 3 heteroatoms. The maximum Gasteiger partial charge on any atom is 0.0502 e. The van der Waals surface area contributed by atoms with Crippen molar-refractivity contribution in [3.63, 3.8) is 0 Å². The fraction of sp³-hybridized carbons (Fsp3) is 0.455. The van der Waals surface area contributed by atoms with Crippen LogP contribution in [0.3, 0.4) is 0 Å². The Balaban J connectivity index is 2.18. The summed E-state index contributed by atoms with van der Waals surface area (Å²) in [6.45, 7) is 5.55. The molecule has 0 bridgehead atoms. The first-order valence-corrected chi connectivity index (χ1v) is 6.08. The number of halogens is 1. The zero-order valence-electron chi connectivity index (χ0n) is 8.33. The van der Waals surface area contributed by atoms with Gasteiger partial charge in [0.1, 0.15) is 0 Å². The minimum Gasteiger partial charge on any atom is -0.368 e. The molecular formula is C11H15IN2. The molecule has 76 valence electrons. The maximum absolute atomic E-state index is 3.46. The van der Waals surface area contributed by atoms with Gasteiger partial charge in [0.05, 0.1) is 5.69 Å². The summed E-state index contributed by atoms with van der Waals surface area (Å²) in [5, 5.41) is 3.46. The minimum absolute atomic E-state index is 0.597. The minimum atomic E-state index is 0.597. The van der Waals surface area contributed by atoms with Crippen molar-refractivity contribution < 1.29 is 0 Å². The Kier molecular flexibility index (Phi) is 3.28. The molecule has 0 amide bonds. The molecule has 1 aromatic rings. The number of nitrogens with zero attached hydrogens (tertiary/aromatic N) is 1. The van der Waals surface area contributed by atoms with Crippen LogP contribution in [-0.2, 0) is 0 Å². The van der Waals surface area contributed by atoms with Crippen LogP contribution in [-0.4, -0.2) is 25.7 Å². The molecule has 0 saturated carbocycles. The van der Waals surface area contributed by atoms with Gasteiger partial charge in [-0.1, -0.05) is 12.1 Å². The Morgan fingerprint density at radius 2 is 2.21 bits per heavy atom. The highest BCUT2D eigenvalue weighted by atomic mass is 127. The molecule has 1 aliphatic heterocycles. The summed E-state index contributed by atoms with van der Waals surface area (Å²) in [5.74, 6) is 0. The van der Waals surface area contributed by atoms with E-state index in [0.717, 1.165) is 19.6 Å². The quantitative estimate of drug-likeness (QED) is 0.799. The van der Waals surface area contributed by atoms with Crippen LogP contribution in [0.4, 0.5) is 5.69 Å². The van der Waals surface area contributed by atoms with Crippen LogP contribution in [0.5, 0.6) is 0 Å². The van der Waals surface area contributed by atoms with Crippen LogP contribution in [0, 0.1) is 3.57 Å². The average molecular weight is 302 g/mol. The van der Waals surface area contributed by atoms with Crippen LogP contribution < -0.4 is 10.2 Å². The molecule has 14 heavy (non-hydrogen) atoms. The molecule has 2 rings (SSSR count). The summed E-state index contributed by atoms with van der Waals surface area (Å²) in [6.07, 6.45) is 0. The molecule has 0 aliphatic carbocycles. The standard InChI is InChI=1S/C11H15IN2/c1-9-8-14(7-6-13-9)11-5-3-2-4-10(11)12/h2-5,9,13H,6-8H2,1H3. The third-order valence-corrected chi connectivity index (χ3v) is 3.47. The van der Waals surface area contributed by atoms with Crippen LogP contribution in [0.15, 0.2) is 24.3 Å². The number of rotatable bonds is 1. The lowest BCUT2D eigenvalue weighted by Gasteiger charge is -2.34. The Morgan fingerprint density at radius 3 is 2.93 bits per heavy atom. The number of benzene rings is 1. The fourth-order valence-corrected chi connectivity index (χ4v) is 2.59. The smallest absolute Gasteiger partial charge is 0.0502 e. The third-order valence-electron chi connectivity index (χ3n) is 2.56. The van der Waals surface area contributed by atoms with Crippen molar-refractivity contribution in [3.8, 4) is 0 Å². The molecule has 1 atom stereocenters. The van der Waals surface area contributed by atoms with Crippen LogP contribution >= 0.6 is 22.6 Å². The van der Waals surface area contributed by atoms with E-state index in [2.05, 4.69) is 64.0 Å². The maximum atomic E-state index is 3.46. The monoisotopic (exact) mass is 302 g/mol. The van der Waals surface area contributed by atoms with Gasteiger partial charge in [-0.2, -0.15) is 0 Å². The number of hydrogen-bond acceptors (Lipinski definition) is 2. The average Bonchev–Trinajstić information content (AvgIpc) is 2.18. The van der Waals surface area contributed by atoms with E-state index in [1.807, 2.05) is 0 Å². The Hall–Kier alpha value is -0.290. The largest absolute Gasteiger partial charge is 0.368 e. The van der Waals surface area contributed by atoms with E-state index < -0.39 is 0 Å². The number of piperazine rings is 1. The number of anilines is 1. The second-order valence-corrected chi connectivity index (χ2v) is 4.91. The van der Waals surface area contributed by atoms with Crippen LogP contribution in [0.25, 0.3) is 0 Å². The predicted octanol–water partition coefficient (Wildman–Crippen LogP) is 2.09. The van der Waals surface area contributed by atoms with E-state index in [9.17, 15) is 0 Å². The van der Waals surface area contributed by atoms with Crippen molar-refractivity contribution in [2.45, 2.75) is 13.0 Å². The third kappa shape index (κ3) is 2.20. The van der Waals surface area contributed by atoms with Crippen molar-refractivity contribution in [3.05, 3.63) is 27.8 Å². The Bertz CT molecular complexity index is 314. The van der Waals surface area contributed by atoms with Crippen molar-refractivity contribution in [2.75, 3.05) is 24.5 Å². The van der Waals surface area contributed by atoms with Gasteiger partial charge < -0.3 is 10.2 Å². The molecule has 1 unspecified atom stereocenters. The lowest BCUT2D eigenvalue weighted by Crippen LogP contribution is -2.49. The zero-order valence-corrected chi connectivity index (χ0v) is 10.5. The summed E-state index contributed by atoms with van der Waals surface area (Å²) in [6, 6.07) is 9.18. The number of nitrogens with one attached hydrogen (secondary N) is 1. The molecule has 0 spiro atoms. The van der Waals surface area contributed by atoms with Crippen LogP contribution in [0.1, 0.15) is 6.92 Å². The molecule has 1 aliphatic rings. The first-order valence-electron chi connectivity index (χ1n) is 5.00. The molecule has 1 saturated heterocycles. The van der Waals surface area contributed by atoms with Gasteiger partial charge in [-0.3, -0.25) is 0 Å². The first-order chi connectivity index (χ1) is 6.77. The zero-order chi connectivity index (χ0) is 9.97. The Labute approximate surface area is 98.8 Å². The lowest BCUT2D eigenvalue weighted by atomic mass is 10.2. The normalized spacial score (nSPS) is 22.4. The van der Waals surface area contributed by atoms with Gasteiger partial charge in [-0.05, 0) is 41.6 Å². The van der Waals surface area contributed by atoms with E-state index in [-0.39, 0.29) is 0 Å². The summed E-state index contributed by atoms with van der Waals surface area (Å²) in [7, 11) is 0. The number of hydrogen-bond donors (Lipinski definition) is 1. The molecule has 2 nitrogen and oxygen atoms in total. The molecule has 1 heterocycles. The predicted molar refractivity (Wildman–Crippen MR) is 68.8 cm³/mol. The van der Waals surface area contributed by atoms with Gasteiger partial charge in [0, 0.05) is 29.2 Å². The molecule has 1 fully saturated rings. The van der Waals surface area contributed by atoms with E-state index in [1.54, 1.807) is 0 Å². The van der Waals surface area contributed by atoms with Gasteiger partial charge in [-0.25, -0.2) is 0 Å². The summed E-state index contributed by atoms with van der Waals surface area (Å²) < 4.78 is 1.35. The molecule has 0 radical (unpaired) electrons. The van der Waals surface area contributed by atoms with Crippen LogP contribution in [0.2, 0.25) is 0 Å². The summed E-state index contributed by atoms with van der Waals surface area (Å²) in [5.41, 5.74) is 1.38. The summed E-state index contributed by atoms with van der Waals surface area (Å²) in [4.78, 5) is 2.46. The van der Waals surface area contributed by atoms with Gasteiger partial charge in [-0.15, -0.1) is 0 Å². The SMILES string of the molecule is CC1CN(c2ccccc2I)CCN1. The topological polar surface area (TPSA) is 15.3 Å². The van der Waals surface area contributed by atoms with E-state index >= 15 is 0 Å². The van der Waals surface area contributed by atoms with Gasteiger partial charge in [0.2, 0.25) is 0 Å². The van der Waals surface area contributed by atoms with Crippen molar-refractivity contribution >= 4 is 28.3 Å². The second kappa shape index (κ2) is 4.49. The number of para-hydroxylation sites is 1. The van der Waals surface area contributed by atoms with Crippen molar-refractivity contribution in [2.24, 2.45) is 0 Å². The van der Waals surface area contributed by atoms with Gasteiger partial charge in [0.15, 0.2) is 0 Å². The summed E-state index contributed by atoms with van der Waals surface area (Å²) >= 11 is 2.41. The molecule has 1 N–H and O–H groups in total. The van der Waals surface area contributed by atoms with E-state index in [0.29, 0.717) is 6.04 Å². The highest BCUT2D eigenvalue weighted by molar-refractivity contribution is 14.1. The van der Waals surface area contributed by atoms with Crippen molar-refractivity contribution in [1.82, 2.24) is 5.32 Å².